The average Bonchev–Trinajstić information content (AvgIpc) is 3.07. The number of aryl methyl sites for hydroxylation is 1. The largest absolute Gasteiger partial charge is 0.481 e. The molecule has 0 bridgehead atoms. The van der Waals surface area contributed by atoms with Crippen molar-refractivity contribution in [2.75, 3.05) is 6.61 Å². The number of para-hydroxylation sites is 1. The van der Waals surface area contributed by atoms with Crippen molar-refractivity contribution < 1.29 is 19.4 Å². The van der Waals surface area contributed by atoms with E-state index in [0.29, 0.717) is 19.4 Å². The Morgan fingerprint density at radius 1 is 1.10 bits per heavy atom. The van der Waals surface area contributed by atoms with Crippen LogP contribution in [0.25, 0.3) is 10.9 Å². The molecule has 4 rings (SSSR count). The van der Waals surface area contributed by atoms with Gasteiger partial charge >= 0.3 is 11.9 Å². The van der Waals surface area contributed by atoms with E-state index in [0.717, 1.165) is 35.0 Å². The number of rotatable bonds is 7. The number of aromatic nitrogens is 1. The van der Waals surface area contributed by atoms with Crippen LogP contribution in [0.2, 0.25) is 0 Å². The molecule has 1 heterocycles. The highest BCUT2D eigenvalue weighted by atomic mass is 16.5. The fourth-order valence-corrected chi connectivity index (χ4v) is 4.80. The summed E-state index contributed by atoms with van der Waals surface area (Å²) in [5.74, 6) is -1.33. The van der Waals surface area contributed by atoms with Gasteiger partial charge in [-0.25, -0.2) is 0 Å². The number of ether oxygens (including phenoxy) is 1. The number of benzene rings is 2. The number of nitrogens with zero attached hydrogens (tertiary/aromatic N) is 1. The van der Waals surface area contributed by atoms with Crippen LogP contribution < -0.4 is 0 Å². The Morgan fingerprint density at radius 3 is 2.57 bits per heavy atom. The standard InChI is InChI=1S/C25H27NO4/c1-2-30-23(27)16-26-22-11-7-6-10-20(22)21-15-19(25(28)29)14-18(24(21)26)13-12-17-8-4-3-5-9-17/h3-11,18-19H,2,12-16H2,1H3,(H,28,29)/t18?,19-/m1/s1. The zero-order valence-electron chi connectivity index (χ0n) is 17.2. The molecule has 0 spiro atoms. The molecule has 2 atom stereocenters. The number of carboxylic acids is 1. The maximum atomic E-state index is 12.4. The van der Waals surface area contributed by atoms with Crippen molar-refractivity contribution in [3.63, 3.8) is 0 Å². The van der Waals surface area contributed by atoms with Gasteiger partial charge in [0.15, 0.2) is 0 Å². The molecule has 1 aliphatic carbocycles. The van der Waals surface area contributed by atoms with E-state index in [4.69, 9.17) is 4.74 Å². The van der Waals surface area contributed by atoms with Gasteiger partial charge in [-0.3, -0.25) is 9.59 Å². The number of esters is 1. The third-order valence-electron chi connectivity index (χ3n) is 6.09. The lowest BCUT2D eigenvalue weighted by Gasteiger charge is -2.29. The van der Waals surface area contributed by atoms with E-state index in [1.807, 2.05) is 42.5 Å². The van der Waals surface area contributed by atoms with E-state index in [-0.39, 0.29) is 18.4 Å². The summed E-state index contributed by atoms with van der Waals surface area (Å²) in [5.41, 5.74) is 4.40. The minimum atomic E-state index is -0.743. The van der Waals surface area contributed by atoms with E-state index in [1.54, 1.807) is 6.92 Å². The van der Waals surface area contributed by atoms with Crippen molar-refractivity contribution in [2.24, 2.45) is 5.92 Å². The zero-order chi connectivity index (χ0) is 21.1. The predicted molar refractivity (Wildman–Crippen MR) is 116 cm³/mol. The number of carbonyl (C=O) groups excluding carboxylic acids is 1. The Labute approximate surface area is 176 Å². The molecule has 156 valence electrons. The van der Waals surface area contributed by atoms with Crippen LogP contribution in [0, 0.1) is 5.92 Å². The Morgan fingerprint density at radius 2 is 1.83 bits per heavy atom. The van der Waals surface area contributed by atoms with Gasteiger partial charge in [0.2, 0.25) is 0 Å². The third-order valence-corrected chi connectivity index (χ3v) is 6.09. The van der Waals surface area contributed by atoms with Crippen LogP contribution >= 0.6 is 0 Å². The van der Waals surface area contributed by atoms with Crippen LogP contribution in [-0.4, -0.2) is 28.2 Å². The zero-order valence-corrected chi connectivity index (χ0v) is 17.2. The van der Waals surface area contributed by atoms with Gasteiger partial charge in [-0.1, -0.05) is 48.5 Å². The maximum absolute atomic E-state index is 12.4. The van der Waals surface area contributed by atoms with Crippen LogP contribution in [0.5, 0.6) is 0 Å². The molecular formula is C25H27NO4. The molecule has 0 radical (unpaired) electrons. The van der Waals surface area contributed by atoms with Gasteiger partial charge in [-0.15, -0.1) is 0 Å². The fraction of sp³-hybridized carbons (Fsp3) is 0.360. The summed E-state index contributed by atoms with van der Waals surface area (Å²) in [6.45, 7) is 2.31. The van der Waals surface area contributed by atoms with E-state index in [1.165, 1.54) is 5.56 Å². The highest BCUT2D eigenvalue weighted by Crippen LogP contribution is 2.43. The van der Waals surface area contributed by atoms with Crippen molar-refractivity contribution in [3.05, 3.63) is 71.4 Å². The Bertz CT molecular complexity index is 1050. The summed E-state index contributed by atoms with van der Waals surface area (Å²) in [4.78, 5) is 24.3. The molecule has 1 unspecified atom stereocenters. The molecule has 5 heteroatoms. The molecule has 5 nitrogen and oxygen atoms in total. The second-order valence-corrected chi connectivity index (χ2v) is 7.97. The van der Waals surface area contributed by atoms with E-state index < -0.39 is 11.9 Å². The van der Waals surface area contributed by atoms with E-state index in [2.05, 4.69) is 16.7 Å². The van der Waals surface area contributed by atoms with Crippen LogP contribution in [0.15, 0.2) is 54.6 Å². The van der Waals surface area contributed by atoms with Crippen molar-refractivity contribution in [1.29, 1.82) is 0 Å². The van der Waals surface area contributed by atoms with Gasteiger partial charge in [0.05, 0.1) is 12.5 Å². The van der Waals surface area contributed by atoms with Crippen molar-refractivity contribution in [3.8, 4) is 0 Å². The fourth-order valence-electron chi connectivity index (χ4n) is 4.80. The molecule has 1 aliphatic rings. The first kappa shape index (κ1) is 20.2. The molecule has 2 aromatic carbocycles. The Kier molecular flexibility index (Phi) is 5.88. The molecule has 0 saturated carbocycles. The lowest BCUT2D eigenvalue weighted by molar-refractivity contribution is -0.144. The lowest BCUT2D eigenvalue weighted by Crippen LogP contribution is -2.27. The van der Waals surface area contributed by atoms with Gasteiger partial charge in [0, 0.05) is 22.5 Å². The van der Waals surface area contributed by atoms with Crippen LogP contribution in [-0.2, 0) is 33.7 Å². The second-order valence-electron chi connectivity index (χ2n) is 7.97. The van der Waals surface area contributed by atoms with Crippen molar-refractivity contribution in [1.82, 2.24) is 4.57 Å². The molecule has 1 aromatic heterocycles. The first-order chi connectivity index (χ1) is 14.6. The number of carboxylic acid groups (broad SMARTS) is 1. The molecule has 0 fully saturated rings. The van der Waals surface area contributed by atoms with Gasteiger partial charge in [0.25, 0.3) is 0 Å². The number of fused-ring (bicyclic) bond motifs is 3. The molecule has 3 aromatic rings. The van der Waals surface area contributed by atoms with Gasteiger partial charge < -0.3 is 14.4 Å². The summed E-state index contributed by atoms with van der Waals surface area (Å²) in [5, 5.41) is 10.8. The summed E-state index contributed by atoms with van der Waals surface area (Å²) in [6.07, 6.45) is 2.81. The monoisotopic (exact) mass is 405 g/mol. The maximum Gasteiger partial charge on any atom is 0.325 e. The molecule has 1 N–H and O–H groups in total. The first-order valence-electron chi connectivity index (χ1n) is 10.6. The third kappa shape index (κ3) is 3.97. The number of aliphatic carboxylic acids is 1. The number of hydrogen-bond donors (Lipinski definition) is 1. The number of hydrogen-bond acceptors (Lipinski definition) is 3. The first-order valence-corrected chi connectivity index (χ1v) is 10.6. The molecule has 0 aliphatic heterocycles. The highest BCUT2D eigenvalue weighted by Gasteiger charge is 2.35. The van der Waals surface area contributed by atoms with Crippen LogP contribution in [0.3, 0.4) is 0 Å². The topological polar surface area (TPSA) is 68.5 Å². The summed E-state index contributed by atoms with van der Waals surface area (Å²) < 4.78 is 7.29. The number of carbonyl (C=O) groups is 2. The van der Waals surface area contributed by atoms with Crippen molar-refractivity contribution >= 4 is 22.8 Å². The predicted octanol–water partition coefficient (Wildman–Crippen LogP) is 4.57. The highest BCUT2D eigenvalue weighted by molar-refractivity contribution is 5.88. The summed E-state index contributed by atoms with van der Waals surface area (Å²) >= 11 is 0. The van der Waals surface area contributed by atoms with E-state index in [9.17, 15) is 14.7 Å². The Balaban J connectivity index is 1.77. The summed E-state index contributed by atoms with van der Waals surface area (Å²) in [6, 6.07) is 18.2. The SMILES string of the molecule is CCOC(=O)Cn1c2c(c3ccccc31)C[C@H](C(=O)O)CC2CCc1ccccc1. The van der Waals surface area contributed by atoms with Crippen LogP contribution in [0.1, 0.15) is 42.5 Å². The van der Waals surface area contributed by atoms with Gasteiger partial charge in [0.1, 0.15) is 6.54 Å². The molecular weight excluding hydrogens is 378 g/mol. The van der Waals surface area contributed by atoms with E-state index >= 15 is 0 Å². The smallest absolute Gasteiger partial charge is 0.325 e. The average molecular weight is 405 g/mol. The minimum Gasteiger partial charge on any atom is -0.481 e. The normalized spacial score (nSPS) is 18.2. The van der Waals surface area contributed by atoms with Crippen molar-refractivity contribution in [2.45, 2.75) is 45.1 Å². The second kappa shape index (κ2) is 8.74. The summed E-state index contributed by atoms with van der Waals surface area (Å²) in [7, 11) is 0. The molecule has 0 amide bonds. The van der Waals surface area contributed by atoms with Gasteiger partial charge in [-0.2, -0.15) is 0 Å². The van der Waals surface area contributed by atoms with Gasteiger partial charge in [-0.05, 0) is 49.8 Å². The molecule has 30 heavy (non-hydrogen) atoms. The molecule has 0 saturated heterocycles. The lowest BCUT2D eigenvalue weighted by atomic mass is 9.77. The minimum absolute atomic E-state index is 0.0804. The Hall–Kier alpha value is -3.08. The quantitative estimate of drug-likeness (QED) is 0.585. The van der Waals surface area contributed by atoms with Crippen LogP contribution in [0.4, 0.5) is 0 Å².